The first-order valence-corrected chi connectivity index (χ1v) is 4.02. The summed E-state index contributed by atoms with van der Waals surface area (Å²) in [5.74, 6) is 0.894. The fourth-order valence-corrected chi connectivity index (χ4v) is 1.03. The van der Waals surface area contributed by atoms with Gasteiger partial charge in [-0.05, 0) is 32.6 Å². The number of hydrogen-bond donors (Lipinski definition) is 0. The normalized spacial score (nSPS) is 26.7. The van der Waals surface area contributed by atoms with E-state index in [2.05, 4.69) is 32.9 Å². The van der Waals surface area contributed by atoms with Crippen LogP contribution in [0.4, 0.5) is 0 Å². The molecule has 0 aromatic rings. The summed E-state index contributed by atoms with van der Waals surface area (Å²) in [7, 11) is 0. The molecule has 1 aliphatic carbocycles. The van der Waals surface area contributed by atoms with Crippen molar-refractivity contribution in [2.45, 2.75) is 33.6 Å². The van der Waals surface area contributed by atoms with Gasteiger partial charge in [0.15, 0.2) is 0 Å². The van der Waals surface area contributed by atoms with Crippen molar-refractivity contribution in [3.8, 4) is 0 Å². The summed E-state index contributed by atoms with van der Waals surface area (Å²) in [6, 6.07) is 0. The van der Waals surface area contributed by atoms with Gasteiger partial charge >= 0.3 is 0 Å². The second kappa shape index (κ2) is 3.05. The average Bonchev–Trinajstić information content (AvgIpc) is 2.46. The van der Waals surface area contributed by atoms with E-state index in [1.54, 1.807) is 5.57 Å². The Labute approximate surface area is 63.6 Å². The van der Waals surface area contributed by atoms with Gasteiger partial charge in [0, 0.05) is 0 Å². The largest absolute Gasteiger partial charge is 0.0821 e. The molecule has 1 rings (SSSR count). The lowest BCUT2D eigenvalue weighted by atomic mass is 10.2. The molecule has 0 heteroatoms. The SMILES string of the molecule is CC(C)=CCC=C1CC1C. The van der Waals surface area contributed by atoms with Crippen LogP contribution in [0.5, 0.6) is 0 Å². The van der Waals surface area contributed by atoms with Crippen LogP contribution < -0.4 is 0 Å². The highest BCUT2D eigenvalue weighted by molar-refractivity contribution is 5.22. The maximum absolute atomic E-state index is 2.36. The molecular weight excluding hydrogens is 120 g/mol. The molecule has 0 nitrogen and oxygen atoms in total. The average molecular weight is 136 g/mol. The highest BCUT2D eigenvalue weighted by Gasteiger charge is 2.22. The molecule has 1 aliphatic rings. The molecule has 0 amide bonds. The molecule has 1 fully saturated rings. The van der Waals surface area contributed by atoms with Crippen LogP contribution in [0.3, 0.4) is 0 Å². The van der Waals surface area contributed by atoms with Gasteiger partial charge in [0.05, 0.1) is 0 Å². The number of rotatable bonds is 2. The molecule has 1 atom stereocenters. The van der Waals surface area contributed by atoms with Crippen molar-refractivity contribution in [3.63, 3.8) is 0 Å². The topological polar surface area (TPSA) is 0 Å². The maximum atomic E-state index is 2.36. The first kappa shape index (κ1) is 7.59. The van der Waals surface area contributed by atoms with Gasteiger partial charge in [-0.2, -0.15) is 0 Å². The Bertz CT molecular complexity index is 168. The van der Waals surface area contributed by atoms with Crippen molar-refractivity contribution in [1.29, 1.82) is 0 Å². The molecule has 1 unspecified atom stereocenters. The van der Waals surface area contributed by atoms with Crippen molar-refractivity contribution >= 4 is 0 Å². The van der Waals surface area contributed by atoms with E-state index >= 15 is 0 Å². The van der Waals surface area contributed by atoms with Gasteiger partial charge in [-0.25, -0.2) is 0 Å². The van der Waals surface area contributed by atoms with Crippen LogP contribution in [0.2, 0.25) is 0 Å². The van der Waals surface area contributed by atoms with Crippen LogP contribution in [0.15, 0.2) is 23.3 Å². The molecule has 0 spiro atoms. The van der Waals surface area contributed by atoms with E-state index in [1.165, 1.54) is 12.0 Å². The van der Waals surface area contributed by atoms with Gasteiger partial charge in [-0.15, -0.1) is 0 Å². The van der Waals surface area contributed by atoms with Crippen molar-refractivity contribution in [1.82, 2.24) is 0 Å². The molecule has 0 aromatic heterocycles. The standard InChI is InChI=1S/C10H16/c1-8(2)5-4-6-10-7-9(10)3/h5-6,9H,4,7H2,1-3H3. The summed E-state index contributed by atoms with van der Waals surface area (Å²) in [6.45, 7) is 6.58. The van der Waals surface area contributed by atoms with Gasteiger partial charge < -0.3 is 0 Å². The van der Waals surface area contributed by atoms with Crippen molar-refractivity contribution in [3.05, 3.63) is 23.3 Å². The van der Waals surface area contributed by atoms with Crippen molar-refractivity contribution < 1.29 is 0 Å². The van der Waals surface area contributed by atoms with Gasteiger partial charge in [-0.1, -0.05) is 30.2 Å². The lowest BCUT2D eigenvalue weighted by Crippen LogP contribution is -1.64. The summed E-state index contributed by atoms with van der Waals surface area (Å²) < 4.78 is 0. The van der Waals surface area contributed by atoms with E-state index in [0.717, 1.165) is 12.3 Å². The first-order valence-electron chi connectivity index (χ1n) is 4.02. The van der Waals surface area contributed by atoms with Crippen molar-refractivity contribution in [2.75, 3.05) is 0 Å². The molecule has 56 valence electrons. The van der Waals surface area contributed by atoms with E-state index in [9.17, 15) is 0 Å². The predicted octanol–water partition coefficient (Wildman–Crippen LogP) is 3.31. The molecular formula is C10H16. The highest BCUT2D eigenvalue weighted by Crippen LogP contribution is 2.36. The maximum Gasteiger partial charge on any atom is -0.0164 e. The zero-order valence-electron chi connectivity index (χ0n) is 7.15. The molecule has 0 saturated heterocycles. The van der Waals surface area contributed by atoms with E-state index < -0.39 is 0 Å². The fraction of sp³-hybridized carbons (Fsp3) is 0.600. The van der Waals surface area contributed by atoms with E-state index in [4.69, 9.17) is 0 Å². The molecule has 0 heterocycles. The minimum Gasteiger partial charge on any atom is -0.0821 e. The Hall–Kier alpha value is -0.520. The van der Waals surface area contributed by atoms with Crippen LogP contribution in [-0.2, 0) is 0 Å². The first-order chi connectivity index (χ1) is 4.70. The summed E-state index contributed by atoms with van der Waals surface area (Å²) in [5.41, 5.74) is 3.07. The van der Waals surface area contributed by atoms with Crippen molar-refractivity contribution in [2.24, 2.45) is 5.92 Å². The number of allylic oxidation sites excluding steroid dienone is 4. The third-order valence-corrected chi connectivity index (χ3v) is 1.92. The number of hydrogen-bond acceptors (Lipinski definition) is 0. The summed E-state index contributed by atoms with van der Waals surface area (Å²) in [6.07, 6.45) is 7.12. The smallest absolute Gasteiger partial charge is 0.0164 e. The van der Waals surface area contributed by atoms with Crippen LogP contribution >= 0.6 is 0 Å². The molecule has 0 N–H and O–H groups in total. The van der Waals surface area contributed by atoms with Crippen LogP contribution in [0.1, 0.15) is 33.6 Å². The minimum absolute atomic E-state index is 0.894. The molecule has 10 heavy (non-hydrogen) atoms. The van der Waals surface area contributed by atoms with Gasteiger partial charge in [0.2, 0.25) is 0 Å². The summed E-state index contributed by atoms with van der Waals surface area (Å²) in [4.78, 5) is 0. The highest BCUT2D eigenvalue weighted by atomic mass is 14.3. The van der Waals surface area contributed by atoms with Gasteiger partial charge in [0.25, 0.3) is 0 Å². The molecule has 0 radical (unpaired) electrons. The van der Waals surface area contributed by atoms with Gasteiger partial charge in [0.1, 0.15) is 0 Å². The Kier molecular flexibility index (Phi) is 2.31. The summed E-state index contributed by atoms with van der Waals surface area (Å²) in [5, 5.41) is 0. The predicted molar refractivity (Wildman–Crippen MR) is 45.9 cm³/mol. The third kappa shape index (κ3) is 2.38. The monoisotopic (exact) mass is 136 g/mol. The lowest BCUT2D eigenvalue weighted by Gasteiger charge is -1.84. The Morgan fingerprint density at radius 3 is 2.60 bits per heavy atom. The lowest BCUT2D eigenvalue weighted by molar-refractivity contribution is 1.02. The molecule has 1 saturated carbocycles. The second-order valence-electron chi connectivity index (χ2n) is 3.40. The summed E-state index contributed by atoms with van der Waals surface area (Å²) >= 11 is 0. The zero-order valence-corrected chi connectivity index (χ0v) is 7.15. The zero-order chi connectivity index (χ0) is 7.56. The van der Waals surface area contributed by atoms with Gasteiger partial charge in [-0.3, -0.25) is 0 Å². The molecule has 0 aliphatic heterocycles. The molecule has 0 bridgehead atoms. The van der Waals surface area contributed by atoms with E-state index in [1.807, 2.05) is 0 Å². The van der Waals surface area contributed by atoms with Crippen LogP contribution in [0, 0.1) is 5.92 Å². The quantitative estimate of drug-likeness (QED) is 0.511. The Balaban J connectivity index is 2.24. The Morgan fingerprint density at radius 1 is 1.60 bits per heavy atom. The minimum atomic E-state index is 0.894. The van der Waals surface area contributed by atoms with Crippen LogP contribution in [-0.4, -0.2) is 0 Å². The second-order valence-corrected chi connectivity index (χ2v) is 3.40. The fourth-order valence-electron chi connectivity index (χ4n) is 1.03. The molecule has 0 aromatic carbocycles. The van der Waals surface area contributed by atoms with Crippen LogP contribution in [0.25, 0.3) is 0 Å². The Morgan fingerprint density at radius 2 is 2.20 bits per heavy atom. The van der Waals surface area contributed by atoms with E-state index in [0.29, 0.717) is 0 Å². The van der Waals surface area contributed by atoms with E-state index in [-0.39, 0.29) is 0 Å². The third-order valence-electron chi connectivity index (χ3n) is 1.92.